The summed E-state index contributed by atoms with van der Waals surface area (Å²) in [6.45, 7) is 6.48. The van der Waals surface area contributed by atoms with Gasteiger partial charge < -0.3 is 14.2 Å². The number of esters is 3. The summed E-state index contributed by atoms with van der Waals surface area (Å²) in [5.74, 6) is -0.962. The van der Waals surface area contributed by atoms with Crippen LogP contribution in [0, 0.1) is 0 Å². The van der Waals surface area contributed by atoms with Gasteiger partial charge in [-0.05, 0) is 148 Å². The summed E-state index contributed by atoms with van der Waals surface area (Å²) in [4.78, 5) is 38.3. The number of unbranched alkanes of at least 4 members (excludes halogenated alkanes) is 25. The van der Waals surface area contributed by atoms with Crippen molar-refractivity contribution in [2.24, 2.45) is 0 Å². The molecule has 0 saturated carbocycles. The highest BCUT2D eigenvalue weighted by molar-refractivity contribution is 5.71. The second-order valence-electron chi connectivity index (χ2n) is 22.0. The highest BCUT2D eigenvalue weighted by Crippen LogP contribution is 2.14. The van der Waals surface area contributed by atoms with Crippen molar-refractivity contribution < 1.29 is 28.6 Å². The fraction of sp³-hybridized carbons (Fsp3) is 0.645. The highest BCUT2D eigenvalue weighted by Gasteiger charge is 2.19. The van der Waals surface area contributed by atoms with Crippen LogP contribution in [0.2, 0.25) is 0 Å². The van der Waals surface area contributed by atoms with Gasteiger partial charge >= 0.3 is 17.9 Å². The Hall–Kier alpha value is -4.71. The number of hydrogen-bond donors (Lipinski definition) is 0. The van der Waals surface area contributed by atoms with E-state index in [0.29, 0.717) is 25.7 Å². The molecule has 6 nitrogen and oxygen atoms in total. The van der Waals surface area contributed by atoms with Gasteiger partial charge in [0.25, 0.3) is 0 Å². The lowest BCUT2D eigenvalue weighted by Gasteiger charge is -2.18. The van der Waals surface area contributed by atoms with Crippen LogP contribution in [0.25, 0.3) is 0 Å². The van der Waals surface area contributed by atoms with Crippen LogP contribution in [0.3, 0.4) is 0 Å². The maximum Gasteiger partial charge on any atom is 0.306 e. The molecule has 0 spiro atoms. The van der Waals surface area contributed by atoms with Crippen molar-refractivity contribution in [2.45, 2.75) is 303 Å². The van der Waals surface area contributed by atoms with Gasteiger partial charge in [0.1, 0.15) is 13.2 Å². The monoisotopic (exact) mass is 1130 g/mol. The Morgan fingerprint density at radius 1 is 0.256 bits per heavy atom. The van der Waals surface area contributed by atoms with E-state index in [1.165, 1.54) is 109 Å². The fourth-order valence-corrected chi connectivity index (χ4v) is 8.99. The molecule has 0 bridgehead atoms. The SMILES string of the molecule is CC/C=C\C/C=C\C/C=C\C/C=C\C/C=C\C/C=C\C/C=C\C/C=C\C/C=C\C/C=C\CCCCC(=O)OCC(COC(=O)CCCCCCC/C=C\CCCCCCCC)OC(=O)CCCCCCC/C=C\CCCCCCCCC. The smallest absolute Gasteiger partial charge is 0.306 e. The fourth-order valence-electron chi connectivity index (χ4n) is 8.99. The normalized spacial score (nSPS) is 13.1. The predicted molar refractivity (Wildman–Crippen MR) is 357 cm³/mol. The molecular formula is C76H124O6. The third-order valence-electron chi connectivity index (χ3n) is 14.0. The third-order valence-corrected chi connectivity index (χ3v) is 14.0. The van der Waals surface area contributed by atoms with Gasteiger partial charge in [-0.2, -0.15) is 0 Å². The van der Waals surface area contributed by atoms with Crippen LogP contribution in [0.15, 0.2) is 146 Å². The molecule has 0 heterocycles. The van der Waals surface area contributed by atoms with E-state index in [1.54, 1.807) is 0 Å². The minimum atomic E-state index is -0.810. The summed E-state index contributed by atoms with van der Waals surface area (Å²) in [5, 5.41) is 0. The second-order valence-corrected chi connectivity index (χ2v) is 22.0. The zero-order valence-electron chi connectivity index (χ0n) is 53.2. The molecule has 464 valence electrons. The summed E-state index contributed by atoms with van der Waals surface area (Å²) >= 11 is 0. The van der Waals surface area contributed by atoms with Gasteiger partial charge in [0, 0.05) is 19.3 Å². The van der Waals surface area contributed by atoms with Crippen LogP contribution in [-0.4, -0.2) is 37.2 Å². The number of hydrogen-bond acceptors (Lipinski definition) is 6. The van der Waals surface area contributed by atoms with E-state index in [2.05, 4.69) is 167 Å². The van der Waals surface area contributed by atoms with Crippen molar-refractivity contribution >= 4 is 17.9 Å². The van der Waals surface area contributed by atoms with E-state index < -0.39 is 6.10 Å². The van der Waals surface area contributed by atoms with Crippen LogP contribution < -0.4 is 0 Å². The molecule has 1 unspecified atom stereocenters. The molecule has 0 aliphatic rings. The van der Waals surface area contributed by atoms with Crippen LogP contribution in [0.1, 0.15) is 297 Å². The van der Waals surface area contributed by atoms with E-state index >= 15 is 0 Å². The van der Waals surface area contributed by atoms with Crippen molar-refractivity contribution in [2.75, 3.05) is 13.2 Å². The molecule has 0 saturated heterocycles. The Morgan fingerprint density at radius 2 is 0.476 bits per heavy atom. The molecule has 82 heavy (non-hydrogen) atoms. The minimum absolute atomic E-state index is 0.103. The van der Waals surface area contributed by atoms with E-state index in [-0.39, 0.29) is 31.1 Å². The molecule has 0 amide bonds. The Bertz CT molecular complexity index is 1780. The first-order chi connectivity index (χ1) is 40.5. The molecule has 0 N–H and O–H groups in total. The predicted octanol–water partition coefficient (Wildman–Crippen LogP) is 23.5. The Labute approximate surface area is 506 Å². The first-order valence-electron chi connectivity index (χ1n) is 33.8. The lowest BCUT2D eigenvalue weighted by Crippen LogP contribution is -2.30. The van der Waals surface area contributed by atoms with Crippen molar-refractivity contribution in [1.82, 2.24) is 0 Å². The van der Waals surface area contributed by atoms with Crippen LogP contribution in [0.5, 0.6) is 0 Å². The van der Waals surface area contributed by atoms with Gasteiger partial charge in [-0.3, -0.25) is 14.4 Å². The number of carbonyl (C=O) groups is 3. The van der Waals surface area contributed by atoms with Gasteiger partial charge in [0.15, 0.2) is 6.10 Å². The maximum absolute atomic E-state index is 12.9. The molecule has 0 aromatic heterocycles. The first kappa shape index (κ1) is 77.3. The Morgan fingerprint density at radius 3 is 0.780 bits per heavy atom. The van der Waals surface area contributed by atoms with E-state index in [4.69, 9.17) is 14.2 Å². The number of allylic oxidation sites excluding steroid dienone is 24. The quantitative estimate of drug-likeness (QED) is 0.0261. The molecule has 0 aromatic rings. The number of carbonyl (C=O) groups excluding carboxylic acids is 3. The molecule has 0 aliphatic heterocycles. The zero-order valence-corrected chi connectivity index (χ0v) is 53.2. The van der Waals surface area contributed by atoms with Gasteiger partial charge in [-0.1, -0.05) is 276 Å². The van der Waals surface area contributed by atoms with Crippen LogP contribution in [0.4, 0.5) is 0 Å². The van der Waals surface area contributed by atoms with Gasteiger partial charge in [-0.25, -0.2) is 0 Å². The molecule has 0 rings (SSSR count). The average molecular weight is 1130 g/mol. The summed E-state index contributed by atoms with van der Waals surface area (Å²) in [7, 11) is 0. The molecule has 0 aliphatic carbocycles. The number of ether oxygens (including phenoxy) is 3. The summed E-state index contributed by atoms with van der Waals surface area (Å²) in [6, 6.07) is 0. The maximum atomic E-state index is 12.9. The lowest BCUT2D eigenvalue weighted by atomic mass is 10.1. The van der Waals surface area contributed by atoms with Crippen molar-refractivity contribution in [1.29, 1.82) is 0 Å². The largest absolute Gasteiger partial charge is 0.462 e. The van der Waals surface area contributed by atoms with E-state index in [9.17, 15) is 14.4 Å². The Balaban J connectivity index is 4.42. The van der Waals surface area contributed by atoms with E-state index in [1.807, 2.05) is 0 Å². The Kier molecular flexibility index (Phi) is 64.8. The lowest BCUT2D eigenvalue weighted by molar-refractivity contribution is -0.167. The molecule has 1 atom stereocenters. The third kappa shape index (κ3) is 66.1. The molecule has 6 heteroatoms. The van der Waals surface area contributed by atoms with Gasteiger partial charge in [0.05, 0.1) is 0 Å². The standard InChI is InChI=1S/C76H124O6/c1-4-7-10-13-16-19-22-25-28-30-31-32-33-34-35-36-37-38-39-40-41-42-43-44-45-46-49-51-54-57-60-63-66-69-75(78)81-72-73(71-80-74(77)68-65-62-59-56-53-50-47-27-24-21-18-15-12-9-6-3)82-76(79)70-67-64-61-58-55-52-48-29-26-23-20-17-14-11-8-5-2/h7,10,16,19,25,27-29,31-32,34-35,37-38,40-41,43-44,46-49,54,57,73H,4-6,8-9,11-15,17-18,20-24,26,30,33,36,39,42,45,50-53,55-56,58-72H2,1-3H3/b10-7-,19-16-,28-25-,32-31-,35-34-,38-37-,41-40-,44-43-,47-27-,48-29-,49-46-,57-54-. The molecule has 0 radical (unpaired) electrons. The highest BCUT2D eigenvalue weighted by atomic mass is 16.6. The number of rotatable bonds is 60. The average Bonchev–Trinajstić information content (AvgIpc) is 3.47. The molecule has 0 aromatic carbocycles. The van der Waals surface area contributed by atoms with Crippen molar-refractivity contribution in [3.63, 3.8) is 0 Å². The second kappa shape index (κ2) is 68.8. The van der Waals surface area contributed by atoms with Gasteiger partial charge in [0.2, 0.25) is 0 Å². The minimum Gasteiger partial charge on any atom is -0.462 e. The molecule has 0 fully saturated rings. The summed E-state index contributed by atoms with van der Waals surface area (Å²) in [5.41, 5.74) is 0. The van der Waals surface area contributed by atoms with Gasteiger partial charge in [-0.15, -0.1) is 0 Å². The van der Waals surface area contributed by atoms with Crippen molar-refractivity contribution in [3.05, 3.63) is 146 Å². The first-order valence-corrected chi connectivity index (χ1v) is 33.8. The topological polar surface area (TPSA) is 78.9 Å². The zero-order chi connectivity index (χ0) is 59.2. The molecular weight excluding hydrogens is 1010 g/mol. The van der Waals surface area contributed by atoms with E-state index in [0.717, 1.165) is 141 Å². The summed E-state index contributed by atoms with van der Waals surface area (Å²) in [6.07, 6.45) is 98.6. The van der Waals surface area contributed by atoms with Crippen LogP contribution >= 0.6 is 0 Å². The summed E-state index contributed by atoms with van der Waals surface area (Å²) < 4.78 is 16.9. The van der Waals surface area contributed by atoms with Crippen LogP contribution in [-0.2, 0) is 28.6 Å². The van der Waals surface area contributed by atoms with Crippen molar-refractivity contribution in [3.8, 4) is 0 Å².